The van der Waals surface area contributed by atoms with Gasteiger partial charge in [0.1, 0.15) is 4.90 Å². The van der Waals surface area contributed by atoms with Crippen LogP contribution in [0.1, 0.15) is 20.8 Å². The van der Waals surface area contributed by atoms with E-state index >= 15 is 0 Å². The standard InChI is InChI=1S/C14H23N3O2S/c1-14(2,3)13-11-17(9-8-16(13)4)20(18,19)12-6-5-7-15-10-12/h5-7,10,13H,8-9,11H2,1-4H3. The van der Waals surface area contributed by atoms with Crippen molar-refractivity contribution in [1.29, 1.82) is 0 Å². The fourth-order valence-corrected chi connectivity index (χ4v) is 4.05. The molecule has 5 nitrogen and oxygen atoms in total. The van der Waals surface area contributed by atoms with E-state index in [0.29, 0.717) is 13.1 Å². The molecule has 20 heavy (non-hydrogen) atoms. The molecule has 2 rings (SSSR count). The minimum absolute atomic E-state index is 0.0396. The number of pyridine rings is 1. The zero-order valence-corrected chi connectivity index (χ0v) is 13.4. The maximum atomic E-state index is 12.6. The first-order valence-electron chi connectivity index (χ1n) is 6.83. The quantitative estimate of drug-likeness (QED) is 0.829. The predicted molar refractivity (Wildman–Crippen MR) is 78.9 cm³/mol. The zero-order valence-electron chi connectivity index (χ0n) is 12.6. The molecule has 0 bridgehead atoms. The van der Waals surface area contributed by atoms with Crippen LogP contribution in [-0.2, 0) is 10.0 Å². The Labute approximate surface area is 121 Å². The number of hydrogen-bond acceptors (Lipinski definition) is 4. The van der Waals surface area contributed by atoms with Gasteiger partial charge in [0.25, 0.3) is 0 Å². The van der Waals surface area contributed by atoms with E-state index in [9.17, 15) is 8.42 Å². The van der Waals surface area contributed by atoms with E-state index in [2.05, 4.69) is 37.7 Å². The highest BCUT2D eigenvalue weighted by molar-refractivity contribution is 7.89. The van der Waals surface area contributed by atoms with E-state index < -0.39 is 10.0 Å². The van der Waals surface area contributed by atoms with Crippen molar-refractivity contribution in [2.45, 2.75) is 31.7 Å². The van der Waals surface area contributed by atoms with Crippen LogP contribution in [0, 0.1) is 5.41 Å². The van der Waals surface area contributed by atoms with E-state index in [0.717, 1.165) is 6.54 Å². The molecule has 1 aromatic heterocycles. The first-order chi connectivity index (χ1) is 9.23. The second-order valence-electron chi connectivity index (χ2n) is 6.41. The summed E-state index contributed by atoms with van der Waals surface area (Å²) in [4.78, 5) is 6.43. The second kappa shape index (κ2) is 5.42. The van der Waals surface area contributed by atoms with Crippen molar-refractivity contribution >= 4 is 10.0 Å². The lowest BCUT2D eigenvalue weighted by Crippen LogP contribution is -2.57. The Balaban J connectivity index is 2.26. The van der Waals surface area contributed by atoms with Crippen LogP contribution in [-0.4, -0.2) is 55.3 Å². The maximum Gasteiger partial charge on any atom is 0.244 e. The lowest BCUT2D eigenvalue weighted by atomic mass is 9.85. The van der Waals surface area contributed by atoms with Crippen molar-refractivity contribution in [3.05, 3.63) is 24.5 Å². The van der Waals surface area contributed by atoms with Gasteiger partial charge in [-0.05, 0) is 24.6 Å². The topological polar surface area (TPSA) is 53.5 Å². The third-order valence-corrected chi connectivity index (χ3v) is 5.73. The van der Waals surface area contributed by atoms with Crippen LogP contribution in [0.2, 0.25) is 0 Å². The van der Waals surface area contributed by atoms with Crippen LogP contribution >= 0.6 is 0 Å². The second-order valence-corrected chi connectivity index (χ2v) is 8.35. The minimum Gasteiger partial charge on any atom is -0.300 e. The molecule has 1 saturated heterocycles. The van der Waals surface area contributed by atoms with E-state index in [1.807, 2.05) is 0 Å². The third kappa shape index (κ3) is 3.02. The number of hydrogen-bond donors (Lipinski definition) is 0. The van der Waals surface area contributed by atoms with Crippen LogP contribution in [0.25, 0.3) is 0 Å². The van der Waals surface area contributed by atoms with E-state index in [1.54, 1.807) is 22.6 Å². The summed E-state index contributed by atoms with van der Waals surface area (Å²) in [6, 6.07) is 3.47. The highest BCUT2D eigenvalue weighted by Crippen LogP contribution is 2.28. The van der Waals surface area contributed by atoms with Crippen molar-refractivity contribution in [3.63, 3.8) is 0 Å². The Bertz CT molecular complexity index is 552. The summed E-state index contributed by atoms with van der Waals surface area (Å²) in [5, 5.41) is 0. The zero-order chi connectivity index (χ0) is 15.0. The molecule has 0 spiro atoms. The first kappa shape index (κ1) is 15.4. The summed E-state index contributed by atoms with van der Waals surface area (Å²) >= 11 is 0. The van der Waals surface area contributed by atoms with E-state index in [-0.39, 0.29) is 16.4 Å². The Morgan fingerprint density at radius 1 is 1.30 bits per heavy atom. The van der Waals surface area contributed by atoms with Gasteiger partial charge in [0.05, 0.1) is 0 Å². The third-order valence-electron chi connectivity index (χ3n) is 3.88. The lowest BCUT2D eigenvalue weighted by Gasteiger charge is -2.45. The van der Waals surface area contributed by atoms with Gasteiger partial charge in [-0.1, -0.05) is 20.8 Å². The van der Waals surface area contributed by atoms with Gasteiger partial charge in [0.15, 0.2) is 0 Å². The highest BCUT2D eigenvalue weighted by Gasteiger charge is 2.38. The van der Waals surface area contributed by atoms with Gasteiger partial charge in [0, 0.05) is 38.1 Å². The Kier molecular flexibility index (Phi) is 4.18. The molecule has 0 saturated carbocycles. The summed E-state index contributed by atoms with van der Waals surface area (Å²) in [6.07, 6.45) is 3.00. The van der Waals surface area contributed by atoms with Crippen molar-refractivity contribution in [3.8, 4) is 0 Å². The monoisotopic (exact) mass is 297 g/mol. The summed E-state index contributed by atoms with van der Waals surface area (Å²) in [6.45, 7) is 8.25. The first-order valence-corrected chi connectivity index (χ1v) is 8.27. The van der Waals surface area contributed by atoms with E-state index in [1.165, 1.54) is 6.20 Å². The van der Waals surface area contributed by atoms with Crippen molar-refractivity contribution < 1.29 is 8.42 Å². The Morgan fingerprint density at radius 2 is 2.00 bits per heavy atom. The molecule has 1 atom stereocenters. The van der Waals surface area contributed by atoms with Crippen LogP contribution in [0.15, 0.2) is 29.4 Å². The van der Waals surface area contributed by atoms with Gasteiger partial charge in [-0.25, -0.2) is 8.42 Å². The van der Waals surface area contributed by atoms with Gasteiger partial charge < -0.3 is 4.90 Å². The molecule has 1 fully saturated rings. The number of aromatic nitrogens is 1. The summed E-state index contributed by atoms with van der Waals surface area (Å²) in [5.74, 6) is 0. The van der Waals surface area contributed by atoms with Crippen LogP contribution in [0.4, 0.5) is 0 Å². The minimum atomic E-state index is -3.43. The molecule has 0 aromatic carbocycles. The molecule has 0 aliphatic carbocycles. The van der Waals surface area contributed by atoms with Crippen molar-refractivity contribution in [2.24, 2.45) is 5.41 Å². The molecule has 1 aliphatic heterocycles. The van der Waals surface area contributed by atoms with Crippen molar-refractivity contribution in [2.75, 3.05) is 26.7 Å². The van der Waals surface area contributed by atoms with Gasteiger partial charge >= 0.3 is 0 Å². The molecule has 6 heteroatoms. The molecule has 0 N–H and O–H groups in total. The summed E-state index contributed by atoms with van der Waals surface area (Å²) < 4.78 is 26.9. The molecule has 1 aliphatic rings. The van der Waals surface area contributed by atoms with Crippen LogP contribution < -0.4 is 0 Å². The van der Waals surface area contributed by atoms with Gasteiger partial charge in [-0.2, -0.15) is 4.31 Å². The summed E-state index contributed by atoms with van der Waals surface area (Å²) in [7, 11) is -1.38. The number of likely N-dealkylation sites (N-methyl/N-ethyl adjacent to an activating group) is 1. The van der Waals surface area contributed by atoms with Gasteiger partial charge in [0.2, 0.25) is 10.0 Å². The molecular formula is C14H23N3O2S. The van der Waals surface area contributed by atoms with Crippen molar-refractivity contribution in [1.82, 2.24) is 14.2 Å². The molecule has 2 heterocycles. The van der Waals surface area contributed by atoms with Gasteiger partial charge in [-0.3, -0.25) is 4.98 Å². The fraction of sp³-hybridized carbons (Fsp3) is 0.643. The highest BCUT2D eigenvalue weighted by atomic mass is 32.2. The Morgan fingerprint density at radius 3 is 2.55 bits per heavy atom. The number of nitrogens with zero attached hydrogens (tertiary/aromatic N) is 3. The SMILES string of the molecule is CN1CCN(S(=O)(=O)c2cccnc2)CC1C(C)(C)C. The van der Waals surface area contributed by atoms with E-state index in [4.69, 9.17) is 0 Å². The summed E-state index contributed by atoms with van der Waals surface area (Å²) in [5.41, 5.74) is 0.0396. The molecule has 0 amide bonds. The average molecular weight is 297 g/mol. The average Bonchev–Trinajstić information content (AvgIpc) is 2.38. The largest absolute Gasteiger partial charge is 0.300 e. The number of piperazine rings is 1. The van der Waals surface area contributed by atoms with Gasteiger partial charge in [-0.15, -0.1) is 0 Å². The fourth-order valence-electron chi connectivity index (χ4n) is 2.65. The Hall–Kier alpha value is -0.980. The smallest absolute Gasteiger partial charge is 0.244 e. The number of rotatable bonds is 2. The molecule has 1 aromatic rings. The molecule has 112 valence electrons. The molecular weight excluding hydrogens is 274 g/mol. The maximum absolute atomic E-state index is 12.6. The van der Waals surface area contributed by atoms with Crippen LogP contribution in [0.3, 0.4) is 0 Å². The molecule has 1 unspecified atom stereocenters. The normalized spacial score (nSPS) is 22.9. The predicted octanol–water partition coefficient (Wildman–Crippen LogP) is 1.43. The molecule has 0 radical (unpaired) electrons. The lowest BCUT2D eigenvalue weighted by molar-refractivity contribution is 0.0671. The van der Waals surface area contributed by atoms with Crippen LogP contribution in [0.5, 0.6) is 0 Å². The number of sulfonamides is 1.